The number of aliphatic imine (C=N–C) groups is 1. The molecule has 1 unspecified atom stereocenters. The molecule has 0 aromatic heterocycles. The molecule has 0 radical (unpaired) electrons. The molecule has 72 valence electrons. The summed E-state index contributed by atoms with van der Waals surface area (Å²) in [5, 5.41) is 10.6. The minimum Gasteiger partial charge on any atom is -0.260 e. The first-order valence-corrected chi connectivity index (χ1v) is 4.55. The highest BCUT2D eigenvalue weighted by atomic mass is 16.6. The van der Waals surface area contributed by atoms with Gasteiger partial charge in [-0.05, 0) is 18.1 Å². The zero-order valence-electron chi connectivity index (χ0n) is 7.80. The number of benzene rings is 1. The number of fused-ring (bicyclic) bond motifs is 1. The van der Waals surface area contributed by atoms with Crippen molar-refractivity contribution in [1.82, 2.24) is 0 Å². The van der Waals surface area contributed by atoms with Crippen molar-refractivity contribution >= 4 is 17.6 Å². The van der Waals surface area contributed by atoms with E-state index in [1.807, 2.05) is 13.1 Å². The molecule has 0 amide bonds. The molecular formula is C10H10N2O2. The summed E-state index contributed by atoms with van der Waals surface area (Å²) >= 11 is 0. The molecule has 1 aliphatic heterocycles. The molecule has 2 rings (SSSR count). The number of nitro groups is 1. The van der Waals surface area contributed by atoms with Crippen LogP contribution in [0.25, 0.3) is 0 Å². The van der Waals surface area contributed by atoms with Gasteiger partial charge >= 0.3 is 0 Å². The molecule has 1 aliphatic rings. The van der Waals surface area contributed by atoms with Gasteiger partial charge in [0.05, 0.1) is 10.6 Å². The van der Waals surface area contributed by atoms with Crippen molar-refractivity contribution in [3.63, 3.8) is 0 Å². The number of nitro benzene ring substituents is 1. The molecule has 1 heterocycles. The van der Waals surface area contributed by atoms with E-state index in [-0.39, 0.29) is 16.5 Å². The first-order valence-electron chi connectivity index (χ1n) is 4.55. The van der Waals surface area contributed by atoms with Crippen molar-refractivity contribution in [1.29, 1.82) is 0 Å². The number of rotatable bonds is 2. The molecule has 0 aliphatic carbocycles. The Morgan fingerprint density at radius 3 is 3.00 bits per heavy atom. The summed E-state index contributed by atoms with van der Waals surface area (Å²) in [4.78, 5) is 14.4. The highest BCUT2D eigenvalue weighted by molar-refractivity contribution is 5.81. The molecule has 0 N–H and O–H groups in total. The average Bonchev–Trinajstić information content (AvgIpc) is 2.59. The maximum absolute atomic E-state index is 10.6. The molecule has 0 saturated carbocycles. The predicted molar refractivity (Wildman–Crippen MR) is 54.3 cm³/mol. The van der Waals surface area contributed by atoms with Gasteiger partial charge in [-0.25, -0.2) is 0 Å². The first-order chi connectivity index (χ1) is 6.72. The van der Waals surface area contributed by atoms with E-state index < -0.39 is 0 Å². The summed E-state index contributed by atoms with van der Waals surface area (Å²) in [6, 6.07) is 4.82. The van der Waals surface area contributed by atoms with Crippen LogP contribution >= 0.6 is 0 Å². The molecule has 4 nitrogen and oxygen atoms in total. The Bertz CT molecular complexity index is 413. The molecule has 0 bridgehead atoms. The van der Waals surface area contributed by atoms with Crippen molar-refractivity contribution < 1.29 is 4.92 Å². The second kappa shape index (κ2) is 3.21. The van der Waals surface area contributed by atoms with E-state index in [9.17, 15) is 10.1 Å². The van der Waals surface area contributed by atoms with E-state index >= 15 is 0 Å². The molecular weight excluding hydrogens is 180 g/mol. The standard InChI is InChI=1S/C10H10N2O2/c1-2-7-6-11-10-4-3-8(12(13)14)5-9(7)10/h3-7H,2H2,1H3. The lowest BCUT2D eigenvalue weighted by Gasteiger charge is -2.04. The zero-order valence-corrected chi connectivity index (χ0v) is 7.80. The lowest BCUT2D eigenvalue weighted by Crippen LogP contribution is -1.95. The predicted octanol–water partition coefficient (Wildman–Crippen LogP) is 2.80. The van der Waals surface area contributed by atoms with Crippen LogP contribution in [0.2, 0.25) is 0 Å². The maximum Gasteiger partial charge on any atom is 0.269 e. The average molecular weight is 190 g/mol. The third kappa shape index (κ3) is 1.28. The maximum atomic E-state index is 10.6. The lowest BCUT2D eigenvalue weighted by molar-refractivity contribution is -0.384. The molecule has 0 spiro atoms. The lowest BCUT2D eigenvalue weighted by atomic mass is 9.98. The summed E-state index contributed by atoms with van der Waals surface area (Å²) in [5.74, 6) is 0.241. The number of non-ortho nitro benzene ring substituents is 1. The van der Waals surface area contributed by atoms with Crippen LogP contribution in [0.5, 0.6) is 0 Å². The van der Waals surface area contributed by atoms with Crippen LogP contribution in [0.1, 0.15) is 24.8 Å². The molecule has 1 atom stereocenters. The van der Waals surface area contributed by atoms with Crippen LogP contribution in [0.15, 0.2) is 23.2 Å². The van der Waals surface area contributed by atoms with Gasteiger partial charge in [-0.15, -0.1) is 0 Å². The molecule has 4 heteroatoms. The van der Waals surface area contributed by atoms with Crippen molar-refractivity contribution in [2.24, 2.45) is 4.99 Å². The summed E-state index contributed by atoms with van der Waals surface area (Å²) in [6.07, 6.45) is 2.78. The SMILES string of the molecule is CCC1C=Nc2ccc([N+](=O)[O-])cc21. The van der Waals surface area contributed by atoms with Gasteiger partial charge in [-0.1, -0.05) is 6.92 Å². The van der Waals surface area contributed by atoms with E-state index in [0.717, 1.165) is 17.7 Å². The van der Waals surface area contributed by atoms with Gasteiger partial charge in [0.15, 0.2) is 0 Å². The fourth-order valence-corrected chi connectivity index (χ4v) is 1.65. The van der Waals surface area contributed by atoms with Gasteiger partial charge in [0.1, 0.15) is 0 Å². The van der Waals surface area contributed by atoms with Gasteiger partial charge in [0, 0.05) is 24.3 Å². The van der Waals surface area contributed by atoms with Gasteiger partial charge in [-0.3, -0.25) is 15.1 Å². The van der Waals surface area contributed by atoms with Crippen LogP contribution < -0.4 is 0 Å². The Morgan fingerprint density at radius 2 is 2.36 bits per heavy atom. The summed E-state index contributed by atoms with van der Waals surface area (Å²) in [7, 11) is 0. The van der Waals surface area contributed by atoms with Crippen LogP contribution in [0.3, 0.4) is 0 Å². The zero-order chi connectivity index (χ0) is 10.1. The van der Waals surface area contributed by atoms with Crippen molar-refractivity contribution in [2.75, 3.05) is 0 Å². The van der Waals surface area contributed by atoms with Gasteiger partial charge in [0.2, 0.25) is 0 Å². The Kier molecular flexibility index (Phi) is 2.04. The second-order valence-electron chi connectivity index (χ2n) is 3.29. The minimum atomic E-state index is -0.370. The topological polar surface area (TPSA) is 55.5 Å². The quantitative estimate of drug-likeness (QED) is 0.531. The Morgan fingerprint density at radius 1 is 1.57 bits per heavy atom. The van der Waals surface area contributed by atoms with Crippen molar-refractivity contribution in [3.05, 3.63) is 33.9 Å². The Labute approximate surface area is 81.4 Å². The van der Waals surface area contributed by atoms with Gasteiger partial charge in [0.25, 0.3) is 5.69 Å². The second-order valence-corrected chi connectivity index (χ2v) is 3.29. The molecule has 1 aromatic carbocycles. The third-order valence-corrected chi connectivity index (χ3v) is 2.45. The fraction of sp³-hybridized carbons (Fsp3) is 0.300. The smallest absolute Gasteiger partial charge is 0.260 e. The highest BCUT2D eigenvalue weighted by Crippen LogP contribution is 2.36. The van der Waals surface area contributed by atoms with E-state index in [4.69, 9.17) is 0 Å². The number of hydrogen-bond donors (Lipinski definition) is 0. The van der Waals surface area contributed by atoms with Crippen molar-refractivity contribution in [3.8, 4) is 0 Å². The molecule has 0 saturated heterocycles. The van der Waals surface area contributed by atoms with E-state index in [1.54, 1.807) is 12.1 Å². The van der Waals surface area contributed by atoms with Crippen LogP contribution in [-0.2, 0) is 0 Å². The monoisotopic (exact) mass is 190 g/mol. The first kappa shape index (κ1) is 8.87. The largest absolute Gasteiger partial charge is 0.269 e. The van der Waals surface area contributed by atoms with Crippen LogP contribution in [0, 0.1) is 10.1 Å². The Balaban J connectivity index is 2.46. The molecule has 0 fully saturated rings. The summed E-state index contributed by atoms with van der Waals surface area (Å²) < 4.78 is 0. The Hall–Kier alpha value is -1.71. The van der Waals surface area contributed by atoms with E-state index in [0.29, 0.717) is 0 Å². The highest BCUT2D eigenvalue weighted by Gasteiger charge is 2.20. The normalized spacial score (nSPS) is 18.2. The summed E-state index contributed by atoms with van der Waals surface area (Å²) in [5.41, 5.74) is 1.98. The number of nitrogens with zero attached hydrogens (tertiary/aromatic N) is 2. The molecule has 1 aromatic rings. The minimum absolute atomic E-state index is 0.146. The van der Waals surface area contributed by atoms with Gasteiger partial charge in [-0.2, -0.15) is 0 Å². The van der Waals surface area contributed by atoms with E-state index in [1.165, 1.54) is 6.07 Å². The summed E-state index contributed by atoms with van der Waals surface area (Å²) in [6.45, 7) is 2.05. The molecule has 14 heavy (non-hydrogen) atoms. The number of hydrogen-bond acceptors (Lipinski definition) is 3. The fourth-order valence-electron chi connectivity index (χ4n) is 1.65. The third-order valence-electron chi connectivity index (χ3n) is 2.45. The van der Waals surface area contributed by atoms with Gasteiger partial charge < -0.3 is 0 Å². The van der Waals surface area contributed by atoms with E-state index in [2.05, 4.69) is 4.99 Å². The van der Waals surface area contributed by atoms with Crippen molar-refractivity contribution in [2.45, 2.75) is 19.3 Å². The van der Waals surface area contributed by atoms with Crippen LogP contribution in [0.4, 0.5) is 11.4 Å². The van der Waals surface area contributed by atoms with Crippen LogP contribution in [-0.4, -0.2) is 11.1 Å².